The lowest BCUT2D eigenvalue weighted by molar-refractivity contribution is 0.165. The molecule has 0 aromatic carbocycles. The first-order valence-electron chi connectivity index (χ1n) is 6.15. The normalized spacial score (nSPS) is 21.6. The van der Waals surface area contributed by atoms with Crippen molar-refractivity contribution in [2.75, 3.05) is 19.0 Å². The minimum Gasteiger partial charge on any atom is -0.299 e. The molecular formula is C13H18BrClN2. The van der Waals surface area contributed by atoms with Crippen LogP contribution in [0.25, 0.3) is 0 Å². The van der Waals surface area contributed by atoms with Gasteiger partial charge in [0.15, 0.2) is 0 Å². The molecule has 0 saturated carbocycles. The topological polar surface area (TPSA) is 16.1 Å². The SMILES string of the molecule is ClCCC1CCCN(Cc2cncc(Br)c2)C1. The van der Waals surface area contributed by atoms with Gasteiger partial charge in [0.1, 0.15) is 0 Å². The molecule has 4 heteroatoms. The van der Waals surface area contributed by atoms with Gasteiger partial charge in [0.05, 0.1) is 0 Å². The van der Waals surface area contributed by atoms with Gasteiger partial charge in [0.25, 0.3) is 0 Å². The highest BCUT2D eigenvalue weighted by Crippen LogP contribution is 2.22. The third-order valence-corrected chi connectivity index (χ3v) is 3.94. The molecule has 1 aliphatic rings. The molecule has 2 rings (SSSR count). The number of alkyl halides is 1. The molecule has 0 amide bonds. The standard InChI is InChI=1S/C13H18BrClN2/c14-13-6-12(7-16-8-13)10-17-5-1-2-11(9-17)3-4-15/h6-8,11H,1-5,9-10H2. The second kappa shape index (κ2) is 6.72. The number of pyridine rings is 1. The highest BCUT2D eigenvalue weighted by molar-refractivity contribution is 9.10. The molecule has 0 spiro atoms. The summed E-state index contributed by atoms with van der Waals surface area (Å²) in [5.41, 5.74) is 1.28. The van der Waals surface area contributed by atoms with Gasteiger partial charge in [-0.2, -0.15) is 0 Å². The van der Waals surface area contributed by atoms with E-state index in [9.17, 15) is 0 Å². The molecule has 94 valence electrons. The van der Waals surface area contributed by atoms with Crippen molar-refractivity contribution in [2.24, 2.45) is 5.92 Å². The molecule has 0 aliphatic carbocycles. The predicted molar refractivity (Wildman–Crippen MR) is 75.3 cm³/mol. The second-order valence-corrected chi connectivity index (χ2v) is 6.03. The molecule has 0 bridgehead atoms. The lowest BCUT2D eigenvalue weighted by atomic mass is 9.95. The number of halogens is 2. The van der Waals surface area contributed by atoms with Crippen LogP contribution in [0.1, 0.15) is 24.8 Å². The van der Waals surface area contributed by atoms with Gasteiger partial charge in [-0.05, 0) is 59.3 Å². The van der Waals surface area contributed by atoms with Crippen LogP contribution >= 0.6 is 27.5 Å². The number of hydrogen-bond donors (Lipinski definition) is 0. The molecule has 2 heterocycles. The Morgan fingerprint density at radius 2 is 2.35 bits per heavy atom. The molecule has 17 heavy (non-hydrogen) atoms. The Morgan fingerprint density at radius 3 is 3.12 bits per heavy atom. The van der Waals surface area contributed by atoms with Gasteiger partial charge in [-0.15, -0.1) is 11.6 Å². The van der Waals surface area contributed by atoms with Crippen LogP contribution in [0.15, 0.2) is 22.9 Å². The van der Waals surface area contributed by atoms with Crippen molar-refractivity contribution in [3.8, 4) is 0 Å². The maximum absolute atomic E-state index is 5.83. The van der Waals surface area contributed by atoms with E-state index in [1.165, 1.54) is 31.5 Å². The summed E-state index contributed by atoms with van der Waals surface area (Å²) in [5, 5.41) is 0. The third-order valence-electron chi connectivity index (χ3n) is 3.29. The van der Waals surface area contributed by atoms with Crippen LogP contribution in [0, 0.1) is 5.92 Å². The van der Waals surface area contributed by atoms with Crippen LogP contribution in [-0.4, -0.2) is 28.9 Å². The van der Waals surface area contributed by atoms with E-state index in [1.807, 2.05) is 12.4 Å². The summed E-state index contributed by atoms with van der Waals surface area (Å²) in [6.45, 7) is 3.38. The molecule has 2 nitrogen and oxygen atoms in total. The van der Waals surface area contributed by atoms with Crippen molar-refractivity contribution in [1.29, 1.82) is 0 Å². The minimum absolute atomic E-state index is 0.779. The molecule has 1 saturated heterocycles. The summed E-state index contributed by atoms with van der Waals surface area (Å²) in [6, 6.07) is 2.15. The molecule has 0 N–H and O–H groups in total. The summed E-state index contributed by atoms with van der Waals surface area (Å²) < 4.78 is 1.06. The maximum Gasteiger partial charge on any atom is 0.0410 e. The van der Waals surface area contributed by atoms with Gasteiger partial charge in [-0.25, -0.2) is 0 Å². The monoisotopic (exact) mass is 316 g/mol. The van der Waals surface area contributed by atoms with E-state index >= 15 is 0 Å². The van der Waals surface area contributed by atoms with Crippen LogP contribution in [0.4, 0.5) is 0 Å². The maximum atomic E-state index is 5.83. The summed E-state index contributed by atoms with van der Waals surface area (Å²) in [7, 11) is 0. The summed E-state index contributed by atoms with van der Waals surface area (Å²) in [5.74, 6) is 1.57. The summed E-state index contributed by atoms with van der Waals surface area (Å²) in [4.78, 5) is 6.73. The number of rotatable bonds is 4. The van der Waals surface area contributed by atoms with Gasteiger partial charge < -0.3 is 0 Å². The zero-order chi connectivity index (χ0) is 12.1. The van der Waals surface area contributed by atoms with Gasteiger partial charge >= 0.3 is 0 Å². The van der Waals surface area contributed by atoms with Gasteiger partial charge in [-0.1, -0.05) is 0 Å². The van der Waals surface area contributed by atoms with Crippen molar-refractivity contribution in [3.05, 3.63) is 28.5 Å². The Hall–Kier alpha value is -0.120. The molecule has 1 aromatic rings. The number of nitrogens with zero attached hydrogens (tertiary/aromatic N) is 2. The number of hydrogen-bond acceptors (Lipinski definition) is 2. The fourth-order valence-electron chi connectivity index (χ4n) is 2.49. The zero-order valence-electron chi connectivity index (χ0n) is 9.91. The predicted octanol–water partition coefficient (Wildman–Crippen LogP) is 3.69. The number of likely N-dealkylation sites (tertiary alicyclic amines) is 1. The van der Waals surface area contributed by atoms with E-state index in [-0.39, 0.29) is 0 Å². The minimum atomic E-state index is 0.779. The summed E-state index contributed by atoms with van der Waals surface area (Å²) in [6.07, 6.45) is 7.56. The van der Waals surface area contributed by atoms with E-state index in [0.717, 1.165) is 29.2 Å². The number of aromatic nitrogens is 1. The zero-order valence-corrected chi connectivity index (χ0v) is 12.3. The third kappa shape index (κ3) is 4.23. The Morgan fingerprint density at radius 1 is 1.47 bits per heavy atom. The largest absolute Gasteiger partial charge is 0.299 e. The Labute approximate surface area is 116 Å². The first-order chi connectivity index (χ1) is 8.28. The van der Waals surface area contributed by atoms with E-state index in [4.69, 9.17) is 11.6 Å². The van der Waals surface area contributed by atoms with Crippen LogP contribution in [0.5, 0.6) is 0 Å². The average molecular weight is 318 g/mol. The van der Waals surface area contributed by atoms with Gasteiger partial charge in [0, 0.05) is 35.8 Å². The van der Waals surface area contributed by atoms with Crippen molar-refractivity contribution in [1.82, 2.24) is 9.88 Å². The fraction of sp³-hybridized carbons (Fsp3) is 0.615. The molecule has 1 aromatic heterocycles. The van der Waals surface area contributed by atoms with Crippen LogP contribution < -0.4 is 0 Å². The van der Waals surface area contributed by atoms with E-state index in [2.05, 4.69) is 31.9 Å². The lowest BCUT2D eigenvalue weighted by Crippen LogP contribution is -2.35. The second-order valence-electron chi connectivity index (χ2n) is 4.73. The summed E-state index contributed by atoms with van der Waals surface area (Å²) >= 11 is 9.29. The molecule has 0 radical (unpaired) electrons. The van der Waals surface area contributed by atoms with E-state index < -0.39 is 0 Å². The Kier molecular flexibility index (Phi) is 5.26. The van der Waals surface area contributed by atoms with Crippen molar-refractivity contribution < 1.29 is 0 Å². The molecule has 1 atom stereocenters. The van der Waals surface area contributed by atoms with Crippen LogP contribution in [0.3, 0.4) is 0 Å². The van der Waals surface area contributed by atoms with Crippen molar-refractivity contribution in [3.63, 3.8) is 0 Å². The highest BCUT2D eigenvalue weighted by atomic mass is 79.9. The lowest BCUT2D eigenvalue weighted by Gasteiger charge is -2.32. The molecule has 1 aliphatic heterocycles. The fourth-order valence-corrected chi connectivity index (χ4v) is 3.21. The van der Waals surface area contributed by atoms with Crippen molar-refractivity contribution >= 4 is 27.5 Å². The van der Waals surface area contributed by atoms with Crippen LogP contribution in [-0.2, 0) is 6.54 Å². The number of piperidine rings is 1. The first kappa shape index (κ1) is 13.3. The molecule has 1 fully saturated rings. The van der Waals surface area contributed by atoms with E-state index in [1.54, 1.807) is 0 Å². The Balaban J connectivity index is 1.90. The van der Waals surface area contributed by atoms with Gasteiger partial charge in [0.2, 0.25) is 0 Å². The molecule has 1 unspecified atom stereocenters. The van der Waals surface area contributed by atoms with Gasteiger partial charge in [-0.3, -0.25) is 9.88 Å². The first-order valence-corrected chi connectivity index (χ1v) is 7.48. The van der Waals surface area contributed by atoms with Crippen LogP contribution in [0.2, 0.25) is 0 Å². The average Bonchev–Trinajstić information content (AvgIpc) is 2.30. The van der Waals surface area contributed by atoms with Crippen molar-refractivity contribution in [2.45, 2.75) is 25.8 Å². The molecular weight excluding hydrogens is 300 g/mol. The smallest absolute Gasteiger partial charge is 0.0410 e. The quantitative estimate of drug-likeness (QED) is 0.787. The highest BCUT2D eigenvalue weighted by Gasteiger charge is 2.19. The Bertz CT molecular complexity index is 357. The van der Waals surface area contributed by atoms with E-state index in [0.29, 0.717) is 0 Å².